The summed E-state index contributed by atoms with van der Waals surface area (Å²) >= 11 is 0. The van der Waals surface area contributed by atoms with E-state index in [1.165, 1.54) is 0 Å². The summed E-state index contributed by atoms with van der Waals surface area (Å²) in [5, 5.41) is -0.221. The smallest absolute Gasteiger partial charge is 0.223 e. The van der Waals surface area contributed by atoms with Gasteiger partial charge in [0.05, 0.1) is 11.0 Å². The average molecular weight is 304 g/mol. The molecule has 5 nitrogen and oxygen atoms in total. The van der Waals surface area contributed by atoms with Crippen molar-refractivity contribution in [2.24, 2.45) is 11.1 Å². The number of hydrogen-bond acceptors (Lipinski definition) is 4. The van der Waals surface area contributed by atoms with Gasteiger partial charge in [-0.05, 0) is 24.8 Å². The van der Waals surface area contributed by atoms with Gasteiger partial charge in [-0.1, -0.05) is 26.7 Å². The van der Waals surface area contributed by atoms with E-state index in [4.69, 9.17) is 5.73 Å². The number of amides is 1. The van der Waals surface area contributed by atoms with Gasteiger partial charge in [0.15, 0.2) is 9.84 Å². The van der Waals surface area contributed by atoms with Crippen LogP contribution in [-0.2, 0) is 14.6 Å². The quantitative estimate of drug-likeness (QED) is 0.766. The van der Waals surface area contributed by atoms with Crippen molar-refractivity contribution in [1.82, 2.24) is 4.90 Å². The maximum atomic E-state index is 12.1. The molecule has 0 unspecified atom stereocenters. The summed E-state index contributed by atoms with van der Waals surface area (Å²) in [4.78, 5) is 13.6. The maximum Gasteiger partial charge on any atom is 0.223 e. The Kier molecular flexibility index (Phi) is 6.01. The van der Waals surface area contributed by atoms with Gasteiger partial charge in [0.25, 0.3) is 0 Å². The van der Waals surface area contributed by atoms with E-state index >= 15 is 0 Å². The van der Waals surface area contributed by atoms with Crippen LogP contribution >= 0.6 is 0 Å². The molecule has 6 heteroatoms. The first-order valence-electron chi connectivity index (χ1n) is 7.33. The molecule has 118 valence electrons. The third-order valence-corrected chi connectivity index (χ3v) is 6.31. The molecule has 0 aromatic rings. The van der Waals surface area contributed by atoms with Crippen molar-refractivity contribution in [3.63, 3.8) is 0 Å². The maximum absolute atomic E-state index is 12.1. The van der Waals surface area contributed by atoms with E-state index in [2.05, 4.69) is 0 Å². The molecule has 0 bridgehead atoms. The van der Waals surface area contributed by atoms with Crippen LogP contribution in [0.15, 0.2) is 0 Å². The van der Waals surface area contributed by atoms with Crippen molar-refractivity contribution in [1.29, 1.82) is 0 Å². The van der Waals surface area contributed by atoms with Crippen LogP contribution in [0.4, 0.5) is 0 Å². The van der Waals surface area contributed by atoms with Gasteiger partial charge in [-0.2, -0.15) is 0 Å². The van der Waals surface area contributed by atoms with E-state index in [0.717, 1.165) is 25.7 Å². The van der Waals surface area contributed by atoms with E-state index < -0.39 is 9.84 Å². The van der Waals surface area contributed by atoms with E-state index in [9.17, 15) is 13.2 Å². The summed E-state index contributed by atoms with van der Waals surface area (Å²) in [6.45, 7) is 5.02. The zero-order chi connectivity index (χ0) is 15.4. The van der Waals surface area contributed by atoms with Gasteiger partial charge in [-0.15, -0.1) is 0 Å². The first kappa shape index (κ1) is 17.4. The molecule has 2 N–H and O–H groups in total. The van der Waals surface area contributed by atoms with Gasteiger partial charge < -0.3 is 10.6 Å². The number of nitrogens with zero attached hydrogens (tertiary/aromatic N) is 1. The SMILES string of the molecule is CN(CC(C)(C)CN)C(=O)CCS(=O)(=O)C1CCCC1. The van der Waals surface area contributed by atoms with Crippen molar-refractivity contribution in [3.05, 3.63) is 0 Å². The molecule has 0 heterocycles. The van der Waals surface area contributed by atoms with Gasteiger partial charge in [0.1, 0.15) is 0 Å². The van der Waals surface area contributed by atoms with Crippen LogP contribution in [0.3, 0.4) is 0 Å². The summed E-state index contributed by atoms with van der Waals surface area (Å²) in [6, 6.07) is 0. The van der Waals surface area contributed by atoms with Gasteiger partial charge in [-0.3, -0.25) is 4.79 Å². The molecule has 0 atom stereocenters. The van der Waals surface area contributed by atoms with E-state index in [1.807, 2.05) is 13.8 Å². The zero-order valence-corrected chi connectivity index (χ0v) is 13.7. The average Bonchev–Trinajstić information content (AvgIpc) is 2.90. The van der Waals surface area contributed by atoms with E-state index in [-0.39, 0.29) is 28.7 Å². The lowest BCUT2D eigenvalue weighted by atomic mass is 9.93. The Bertz CT molecular complexity index is 426. The summed E-state index contributed by atoms with van der Waals surface area (Å²) in [5.41, 5.74) is 5.50. The molecule has 0 radical (unpaired) electrons. The normalized spacial score (nSPS) is 17.4. The van der Waals surface area contributed by atoms with Crippen molar-refractivity contribution in [2.75, 3.05) is 25.9 Å². The highest BCUT2D eigenvalue weighted by atomic mass is 32.2. The molecule has 0 aromatic carbocycles. The fourth-order valence-electron chi connectivity index (χ4n) is 2.63. The van der Waals surface area contributed by atoms with Crippen LogP contribution in [0.5, 0.6) is 0 Å². The Morgan fingerprint density at radius 2 is 1.85 bits per heavy atom. The zero-order valence-electron chi connectivity index (χ0n) is 12.9. The fraction of sp³-hybridized carbons (Fsp3) is 0.929. The highest BCUT2D eigenvalue weighted by Crippen LogP contribution is 2.25. The lowest BCUT2D eigenvalue weighted by Crippen LogP contribution is -2.40. The Labute approximate surface area is 122 Å². The number of rotatable bonds is 7. The topological polar surface area (TPSA) is 80.5 Å². The minimum absolute atomic E-state index is 0.0239. The van der Waals surface area contributed by atoms with Crippen LogP contribution < -0.4 is 5.73 Å². The highest BCUT2D eigenvalue weighted by molar-refractivity contribution is 7.92. The molecule has 1 amide bonds. The standard InChI is InChI=1S/C14H28N2O3S/c1-14(2,10-15)11-16(3)13(17)8-9-20(18,19)12-6-4-5-7-12/h12H,4-11,15H2,1-3H3. The molecule has 20 heavy (non-hydrogen) atoms. The molecule has 1 aliphatic rings. The second-order valence-corrected chi connectivity index (χ2v) is 9.04. The Hall–Kier alpha value is -0.620. The third-order valence-electron chi connectivity index (χ3n) is 4.05. The number of carbonyl (C=O) groups excluding carboxylic acids is 1. The fourth-order valence-corrected chi connectivity index (χ4v) is 4.47. The molecule has 0 saturated heterocycles. The van der Waals surface area contributed by atoms with Gasteiger partial charge in [-0.25, -0.2) is 8.42 Å². The monoisotopic (exact) mass is 304 g/mol. The first-order valence-corrected chi connectivity index (χ1v) is 9.05. The van der Waals surface area contributed by atoms with Gasteiger partial charge in [0, 0.05) is 20.0 Å². The molecule has 0 aromatic heterocycles. The summed E-state index contributed by atoms with van der Waals surface area (Å²) in [5.74, 6) is -0.141. The Morgan fingerprint density at radius 3 is 2.35 bits per heavy atom. The third kappa shape index (κ3) is 5.05. The van der Waals surface area contributed by atoms with Crippen molar-refractivity contribution >= 4 is 15.7 Å². The second kappa shape index (κ2) is 6.89. The number of carbonyl (C=O) groups is 1. The Morgan fingerprint density at radius 1 is 1.30 bits per heavy atom. The molecule has 1 aliphatic carbocycles. The lowest BCUT2D eigenvalue weighted by Gasteiger charge is -2.29. The molecular formula is C14H28N2O3S. The van der Waals surface area contributed by atoms with Crippen molar-refractivity contribution < 1.29 is 13.2 Å². The lowest BCUT2D eigenvalue weighted by molar-refractivity contribution is -0.130. The van der Waals surface area contributed by atoms with Crippen molar-refractivity contribution in [3.8, 4) is 0 Å². The van der Waals surface area contributed by atoms with Crippen LogP contribution in [0.1, 0.15) is 46.0 Å². The van der Waals surface area contributed by atoms with Crippen LogP contribution in [0.2, 0.25) is 0 Å². The van der Waals surface area contributed by atoms with Gasteiger partial charge in [0.2, 0.25) is 5.91 Å². The molecule has 1 rings (SSSR count). The predicted octanol–water partition coefficient (Wildman–Crippen LogP) is 1.18. The first-order chi connectivity index (χ1) is 9.18. The number of nitrogens with two attached hydrogens (primary N) is 1. The largest absolute Gasteiger partial charge is 0.345 e. The van der Waals surface area contributed by atoms with Crippen LogP contribution in [0, 0.1) is 5.41 Å². The summed E-state index contributed by atoms with van der Waals surface area (Å²) < 4.78 is 24.2. The highest BCUT2D eigenvalue weighted by Gasteiger charge is 2.29. The molecule has 0 spiro atoms. The van der Waals surface area contributed by atoms with E-state index in [1.54, 1.807) is 11.9 Å². The molecule has 0 aliphatic heterocycles. The van der Waals surface area contributed by atoms with Crippen molar-refractivity contribution in [2.45, 2.75) is 51.2 Å². The van der Waals surface area contributed by atoms with Crippen LogP contribution in [0.25, 0.3) is 0 Å². The van der Waals surface area contributed by atoms with Crippen LogP contribution in [-0.4, -0.2) is 50.4 Å². The minimum Gasteiger partial charge on any atom is -0.345 e. The minimum atomic E-state index is -3.11. The molecular weight excluding hydrogens is 276 g/mol. The molecule has 1 saturated carbocycles. The van der Waals surface area contributed by atoms with E-state index in [0.29, 0.717) is 13.1 Å². The number of sulfone groups is 1. The van der Waals surface area contributed by atoms with Gasteiger partial charge >= 0.3 is 0 Å². The second-order valence-electron chi connectivity index (χ2n) is 6.64. The summed E-state index contributed by atoms with van der Waals surface area (Å²) in [6.07, 6.45) is 3.57. The Balaban J connectivity index is 2.46. The molecule has 1 fully saturated rings. The predicted molar refractivity (Wildman–Crippen MR) is 81.1 cm³/mol. The number of hydrogen-bond donors (Lipinski definition) is 1. The summed E-state index contributed by atoms with van der Waals surface area (Å²) in [7, 11) is -1.40.